The van der Waals surface area contributed by atoms with Crippen molar-refractivity contribution in [2.24, 2.45) is 4.99 Å². The first-order valence-electron chi connectivity index (χ1n) is 11.4. The van der Waals surface area contributed by atoms with Gasteiger partial charge in [-0.1, -0.05) is 43.7 Å². The third-order valence-corrected chi connectivity index (χ3v) is 6.67. The van der Waals surface area contributed by atoms with Crippen LogP contribution in [0.2, 0.25) is 0 Å². The third kappa shape index (κ3) is 5.34. The molecule has 0 aromatic heterocycles. The number of nitrogens with one attached hydrogen (secondary N) is 1. The number of likely N-dealkylation sites (tertiary alicyclic amines) is 1. The zero-order valence-electron chi connectivity index (χ0n) is 19.4. The highest BCUT2D eigenvalue weighted by Crippen LogP contribution is 2.23. The van der Waals surface area contributed by atoms with Gasteiger partial charge in [0.1, 0.15) is 0 Å². The lowest BCUT2D eigenvalue weighted by Crippen LogP contribution is -2.57. The number of aliphatic imine (C=N–C) groups is 1. The molecule has 0 radical (unpaired) electrons. The van der Waals surface area contributed by atoms with Crippen LogP contribution in [0.1, 0.15) is 44.7 Å². The minimum Gasteiger partial charge on any atom is -0.355 e. The number of guanidine groups is 1. The van der Waals surface area contributed by atoms with Crippen molar-refractivity contribution in [3.05, 3.63) is 35.4 Å². The van der Waals surface area contributed by atoms with Gasteiger partial charge in [-0.3, -0.25) is 14.7 Å². The van der Waals surface area contributed by atoms with Crippen molar-refractivity contribution in [1.29, 1.82) is 0 Å². The minimum atomic E-state index is -0.0271. The Bertz CT molecular complexity index is 728. The second-order valence-corrected chi connectivity index (χ2v) is 9.38. The summed E-state index contributed by atoms with van der Waals surface area (Å²) in [4.78, 5) is 23.9. The minimum absolute atomic E-state index is 0.0160. The summed E-state index contributed by atoms with van der Waals surface area (Å²) in [6, 6.07) is 8.76. The molecule has 2 heterocycles. The van der Waals surface area contributed by atoms with Crippen LogP contribution in [0.15, 0.2) is 29.3 Å². The van der Waals surface area contributed by atoms with Crippen molar-refractivity contribution in [2.45, 2.75) is 52.0 Å². The fourth-order valence-electron chi connectivity index (χ4n) is 4.42. The first kappa shape index (κ1) is 22.6. The molecule has 6 nitrogen and oxygen atoms in total. The monoisotopic (exact) mass is 413 g/mol. The molecule has 30 heavy (non-hydrogen) atoms. The van der Waals surface area contributed by atoms with Crippen molar-refractivity contribution in [2.75, 3.05) is 52.9 Å². The van der Waals surface area contributed by atoms with Crippen LogP contribution in [0.3, 0.4) is 0 Å². The fourth-order valence-corrected chi connectivity index (χ4v) is 4.42. The van der Waals surface area contributed by atoms with Crippen LogP contribution >= 0.6 is 0 Å². The van der Waals surface area contributed by atoms with Crippen LogP contribution in [-0.4, -0.2) is 85.5 Å². The number of carbonyl (C=O) groups is 1. The second-order valence-electron chi connectivity index (χ2n) is 9.38. The number of hydrogen-bond donors (Lipinski definition) is 1. The normalized spacial score (nSPS) is 19.8. The van der Waals surface area contributed by atoms with Gasteiger partial charge in [-0.15, -0.1) is 0 Å². The predicted octanol–water partition coefficient (Wildman–Crippen LogP) is 2.48. The van der Waals surface area contributed by atoms with Crippen LogP contribution in [-0.2, 0) is 10.2 Å². The highest BCUT2D eigenvalue weighted by atomic mass is 16.2. The van der Waals surface area contributed by atoms with E-state index in [1.165, 1.54) is 11.1 Å². The van der Waals surface area contributed by atoms with E-state index < -0.39 is 0 Å². The molecule has 2 aliphatic heterocycles. The summed E-state index contributed by atoms with van der Waals surface area (Å²) in [7, 11) is 1.85. The number of aryl methyl sites for hydroxylation is 1. The Labute approximate surface area is 182 Å². The van der Waals surface area contributed by atoms with Crippen molar-refractivity contribution in [3.63, 3.8) is 0 Å². The number of benzene rings is 1. The molecule has 1 unspecified atom stereocenters. The molecule has 2 saturated heterocycles. The molecule has 0 saturated carbocycles. The molecule has 0 aliphatic carbocycles. The summed E-state index contributed by atoms with van der Waals surface area (Å²) in [5.74, 6) is 1.25. The van der Waals surface area contributed by atoms with Gasteiger partial charge in [0.25, 0.3) is 0 Å². The highest BCUT2D eigenvalue weighted by molar-refractivity contribution is 5.82. The number of carbonyl (C=O) groups excluding carboxylic acids is 1. The van der Waals surface area contributed by atoms with Gasteiger partial charge in [0, 0.05) is 58.3 Å². The van der Waals surface area contributed by atoms with Crippen LogP contribution in [0, 0.1) is 6.92 Å². The first-order chi connectivity index (χ1) is 14.3. The quantitative estimate of drug-likeness (QED) is 0.595. The maximum absolute atomic E-state index is 12.7. The maximum Gasteiger partial charge on any atom is 0.239 e. The Balaban J connectivity index is 1.51. The predicted molar refractivity (Wildman–Crippen MR) is 124 cm³/mol. The molecule has 0 bridgehead atoms. The Hall–Kier alpha value is -2.08. The van der Waals surface area contributed by atoms with Crippen molar-refractivity contribution in [3.8, 4) is 0 Å². The van der Waals surface area contributed by atoms with Gasteiger partial charge in [-0.2, -0.15) is 0 Å². The second kappa shape index (κ2) is 9.82. The Morgan fingerprint density at radius 3 is 2.20 bits per heavy atom. The van der Waals surface area contributed by atoms with E-state index in [1.54, 1.807) is 0 Å². The van der Waals surface area contributed by atoms with E-state index in [2.05, 4.69) is 72.1 Å². The molecular formula is C24H39N5O. The summed E-state index contributed by atoms with van der Waals surface area (Å²) in [6.45, 7) is 15.0. The molecular weight excluding hydrogens is 374 g/mol. The molecule has 2 fully saturated rings. The molecule has 0 spiro atoms. The van der Waals surface area contributed by atoms with E-state index in [-0.39, 0.29) is 11.5 Å². The topological polar surface area (TPSA) is 51.2 Å². The molecule has 1 aromatic carbocycles. The number of rotatable bonds is 5. The van der Waals surface area contributed by atoms with E-state index in [1.807, 2.05) is 11.9 Å². The van der Waals surface area contributed by atoms with E-state index in [0.717, 1.165) is 64.6 Å². The number of nitrogens with zero attached hydrogens (tertiary/aromatic N) is 4. The zero-order chi connectivity index (χ0) is 21.7. The summed E-state index contributed by atoms with van der Waals surface area (Å²) in [6.07, 6.45) is 2.29. The molecule has 1 N–H and O–H groups in total. The van der Waals surface area contributed by atoms with Gasteiger partial charge in [0.2, 0.25) is 5.91 Å². The lowest BCUT2D eigenvalue weighted by atomic mass is 9.84. The molecule has 3 rings (SSSR count). The van der Waals surface area contributed by atoms with Crippen LogP contribution in [0.5, 0.6) is 0 Å². The van der Waals surface area contributed by atoms with E-state index in [0.29, 0.717) is 5.91 Å². The third-order valence-electron chi connectivity index (χ3n) is 6.67. The van der Waals surface area contributed by atoms with Gasteiger partial charge >= 0.3 is 0 Å². The van der Waals surface area contributed by atoms with Crippen molar-refractivity contribution < 1.29 is 4.79 Å². The summed E-state index contributed by atoms with van der Waals surface area (Å²) < 4.78 is 0. The fraction of sp³-hybridized carbons (Fsp3) is 0.667. The number of piperazine rings is 1. The van der Waals surface area contributed by atoms with Gasteiger partial charge in [0.05, 0.1) is 6.04 Å². The summed E-state index contributed by atoms with van der Waals surface area (Å²) in [5, 5.41) is 3.59. The molecule has 166 valence electrons. The molecule has 1 aromatic rings. The maximum atomic E-state index is 12.7. The van der Waals surface area contributed by atoms with Crippen LogP contribution < -0.4 is 5.32 Å². The van der Waals surface area contributed by atoms with Gasteiger partial charge in [-0.25, -0.2) is 0 Å². The van der Waals surface area contributed by atoms with E-state index in [9.17, 15) is 4.79 Å². The lowest BCUT2D eigenvalue weighted by Gasteiger charge is -2.40. The summed E-state index contributed by atoms with van der Waals surface area (Å²) >= 11 is 0. The number of hydrogen-bond acceptors (Lipinski definition) is 3. The van der Waals surface area contributed by atoms with Gasteiger partial charge in [0.15, 0.2) is 5.96 Å². The number of amides is 1. The highest BCUT2D eigenvalue weighted by Gasteiger charge is 2.31. The van der Waals surface area contributed by atoms with E-state index >= 15 is 0 Å². The van der Waals surface area contributed by atoms with Crippen molar-refractivity contribution in [1.82, 2.24) is 20.0 Å². The molecule has 6 heteroatoms. The first-order valence-corrected chi connectivity index (χ1v) is 11.4. The Kier molecular flexibility index (Phi) is 7.40. The average molecular weight is 414 g/mol. The van der Waals surface area contributed by atoms with Crippen LogP contribution in [0.4, 0.5) is 0 Å². The standard InChI is InChI=1S/C24H39N5O/c1-19-8-10-21(11-9-19)24(3,4)18-26-23(25-5)29-16-14-27(15-17-29)20(2)22(30)28-12-6-7-13-28/h8-11,20H,6-7,12-18H2,1-5H3,(H,25,26). The van der Waals surface area contributed by atoms with Crippen molar-refractivity contribution >= 4 is 11.9 Å². The van der Waals surface area contributed by atoms with Gasteiger partial charge < -0.3 is 15.1 Å². The molecule has 1 atom stereocenters. The largest absolute Gasteiger partial charge is 0.355 e. The molecule has 1 amide bonds. The smallest absolute Gasteiger partial charge is 0.239 e. The zero-order valence-corrected chi connectivity index (χ0v) is 19.4. The van der Waals surface area contributed by atoms with Gasteiger partial charge in [-0.05, 0) is 32.3 Å². The van der Waals surface area contributed by atoms with E-state index in [4.69, 9.17) is 0 Å². The lowest BCUT2D eigenvalue weighted by molar-refractivity contribution is -0.135. The SMILES string of the molecule is CN=C(NCC(C)(C)c1ccc(C)cc1)N1CCN(C(C)C(=O)N2CCCC2)CC1. The molecule has 2 aliphatic rings. The Morgan fingerprint density at radius 1 is 1.03 bits per heavy atom. The van der Waals surface area contributed by atoms with Crippen LogP contribution in [0.25, 0.3) is 0 Å². The summed E-state index contributed by atoms with van der Waals surface area (Å²) in [5.41, 5.74) is 2.63. The Morgan fingerprint density at radius 2 is 1.63 bits per heavy atom. The average Bonchev–Trinajstić information content (AvgIpc) is 3.29.